The van der Waals surface area contributed by atoms with E-state index in [0.717, 1.165) is 5.75 Å². The third-order valence-corrected chi connectivity index (χ3v) is 3.80. The lowest BCUT2D eigenvalue weighted by molar-refractivity contribution is 0.182. The Morgan fingerprint density at radius 2 is 1.82 bits per heavy atom. The Labute approximate surface area is 104 Å². The van der Waals surface area contributed by atoms with E-state index in [1.165, 1.54) is 36.8 Å². The van der Waals surface area contributed by atoms with E-state index in [4.69, 9.17) is 4.74 Å². The number of benzene rings is 1. The van der Waals surface area contributed by atoms with Crippen molar-refractivity contribution >= 4 is 0 Å². The van der Waals surface area contributed by atoms with Crippen LogP contribution in [0.1, 0.15) is 37.8 Å². The molecule has 0 saturated carbocycles. The molecule has 1 aromatic rings. The molecule has 0 aromatic heterocycles. The molecule has 2 unspecified atom stereocenters. The summed E-state index contributed by atoms with van der Waals surface area (Å²) in [5, 5.41) is 3.22. The third kappa shape index (κ3) is 3.01. The first-order valence-corrected chi connectivity index (χ1v) is 6.66. The van der Waals surface area contributed by atoms with Crippen LogP contribution in [0.15, 0.2) is 18.2 Å². The van der Waals surface area contributed by atoms with Crippen molar-refractivity contribution < 1.29 is 4.74 Å². The molecule has 1 aliphatic carbocycles. The van der Waals surface area contributed by atoms with E-state index in [9.17, 15) is 0 Å². The van der Waals surface area contributed by atoms with E-state index < -0.39 is 0 Å². The molecule has 0 aliphatic heterocycles. The maximum atomic E-state index is 5.97. The van der Waals surface area contributed by atoms with Gasteiger partial charge < -0.3 is 10.1 Å². The molecule has 94 valence electrons. The second-order valence-corrected chi connectivity index (χ2v) is 5.04. The van der Waals surface area contributed by atoms with Gasteiger partial charge in [-0.15, -0.1) is 0 Å². The fraction of sp³-hybridized carbons (Fsp3) is 0.600. The molecule has 17 heavy (non-hydrogen) atoms. The number of rotatable bonds is 4. The van der Waals surface area contributed by atoms with E-state index in [-0.39, 0.29) is 6.10 Å². The van der Waals surface area contributed by atoms with Gasteiger partial charge in [0.05, 0.1) is 0 Å². The van der Waals surface area contributed by atoms with Gasteiger partial charge >= 0.3 is 0 Å². The van der Waals surface area contributed by atoms with Crippen molar-refractivity contribution in [3.8, 4) is 5.75 Å². The van der Waals surface area contributed by atoms with Crippen LogP contribution >= 0.6 is 0 Å². The molecule has 2 rings (SSSR count). The highest BCUT2D eigenvalue weighted by Crippen LogP contribution is 2.26. The highest BCUT2D eigenvalue weighted by Gasteiger charge is 2.14. The first kappa shape index (κ1) is 12.4. The monoisotopic (exact) mass is 233 g/mol. The summed E-state index contributed by atoms with van der Waals surface area (Å²) in [4.78, 5) is 0. The topological polar surface area (TPSA) is 21.3 Å². The first-order valence-electron chi connectivity index (χ1n) is 6.66. The number of aryl methyl sites for hydroxylation is 2. The van der Waals surface area contributed by atoms with Crippen molar-refractivity contribution in [3.05, 3.63) is 29.3 Å². The lowest BCUT2D eigenvalue weighted by Crippen LogP contribution is -2.36. The van der Waals surface area contributed by atoms with Crippen molar-refractivity contribution in [2.75, 3.05) is 7.05 Å². The molecule has 0 spiro atoms. The normalized spacial score (nSPS) is 18.3. The van der Waals surface area contributed by atoms with Gasteiger partial charge in [-0.3, -0.25) is 0 Å². The molecule has 2 atom stereocenters. The Morgan fingerprint density at radius 1 is 1.12 bits per heavy atom. The van der Waals surface area contributed by atoms with Gasteiger partial charge in [-0.2, -0.15) is 0 Å². The quantitative estimate of drug-likeness (QED) is 0.863. The molecule has 0 bridgehead atoms. The van der Waals surface area contributed by atoms with Crippen LogP contribution in [0.3, 0.4) is 0 Å². The molecule has 1 N–H and O–H groups in total. The summed E-state index contributed by atoms with van der Waals surface area (Å²) in [6.07, 6.45) is 5.29. The van der Waals surface area contributed by atoms with E-state index in [0.29, 0.717) is 6.04 Å². The largest absolute Gasteiger partial charge is 0.489 e. The maximum Gasteiger partial charge on any atom is 0.120 e. The molecular weight excluding hydrogens is 210 g/mol. The molecule has 1 aromatic carbocycles. The van der Waals surface area contributed by atoms with E-state index in [2.05, 4.69) is 37.4 Å². The van der Waals surface area contributed by atoms with Gasteiger partial charge in [-0.1, -0.05) is 6.07 Å². The van der Waals surface area contributed by atoms with Crippen LogP contribution in [0, 0.1) is 0 Å². The lowest BCUT2D eigenvalue weighted by Gasteiger charge is -2.22. The van der Waals surface area contributed by atoms with Crippen LogP contribution < -0.4 is 10.1 Å². The molecule has 0 saturated heterocycles. The fourth-order valence-corrected chi connectivity index (χ4v) is 2.33. The van der Waals surface area contributed by atoms with Crippen LogP contribution in [-0.4, -0.2) is 19.2 Å². The van der Waals surface area contributed by atoms with Crippen molar-refractivity contribution in [1.29, 1.82) is 0 Å². The Bertz CT molecular complexity index is 375. The Hall–Kier alpha value is -1.02. The zero-order valence-electron chi connectivity index (χ0n) is 11.1. The zero-order chi connectivity index (χ0) is 12.3. The van der Waals surface area contributed by atoms with Gasteiger partial charge in [0.1, 0.15) is 11.9 Å². The van der Waals surface area contributed by atoms with Gasteiger partial charge in [0, 0.05) is 6.04 Å². The van der Waals surface area contributed by atoms with E-state index in [1.807, 2.05) is 7.05 Å². The number of ether oxygens (including phenoxy) is 1. The lowest BCUT2D eigenvalue weighted by atomic mass is 9.92. The summed E-state index contributed by atoms with van der Waals surface area (Å²) in [5.74, 6) is 1.01. The highest BCUT2D eigenvalue weighted by molar-refractivity contribution is 5.37. The summed E-state index contributed by atoms with van der Waals surface area (Å²) in [6.45, 7) is 4.25. The summed E-state index contributed by atoms with van der Waals surface area (Å²) in [7, 11) is 1.97. The van der Waals surface area contributed by atoms with Gasteiger partial charge in [0.2, 0.25) is 0 Å². The fourth-order valence-electron chi connectivity index (χ4n) is 2.33. The first-order chi connectivity index (χ1) is 8.20. The Balaban J connectivity index is 2.06. The molecule has 2 heteroatoms. The predicted molar refractivity (Wildman–Crippen MR) is 71.7 cm³/mol. The maximum absolute atomic E-state index is 5.97. The second kappa shape index (κ2) is 5.54. The van der Waals surface area contributed by atoms with E-state index in [1.54, 1.807) is 0 Å². The summed E-state index contributed by atoms with van der Waals surface area (Å²) in [5.41, 5.74) is 3.00. The molecule has 0 radical (unpaired) electrons. The number of likely N-dealkylation sites (N-methyl/N-ethyl adjacent to an activating group) is 1. The number of hydrogen-bond donors (Lipinski definition) is 1. The molecule has 0 fully saturated rings. The Morgan fingerprint density at radius 3 is 2.53 bits per heavy atom. The van der Waals surface area contributed by atoms with Crippen LogP contribution in [0.2, 0.25) is 0 Å². The minimum absolute atomic E-state index is 0.196. The molecular formula is C15H23NO. The molecule has 1 aliphatic rings. The standard InChI is InChI=1S/C15H23NO/c1-11(16-3)12(2)17-15-9-8-13-6-4-5-7-14(13)10-15/h8-12,16H,4-7H2,1-3H3. The number of hydrogen-bond acceptors (Lipinski definition) is 2. The summed E-state index contributed by atoms with van der Waals surface area (Å²) < 4.78 is 5.97. The van der Waals surface area contributed by atoms with Crippen LogP contribution in [-0.2, 0) is 12.8 Å². The SMILES string of the molecule is CNC(C)C(C)Oc1ccc2c(c1)CCCC2. The van der Waals surface area contributed by atoms with Crippen molar-refractivity contribution in [3.63, 3.8) is 0 Å². The van der Waals surface area contributed by atoms with Crippen molar-refractivity contribution in [2.45, 2.75) is 51.7 Å². The average Bonchev–Trinajstić information content (AvgIpc) is 2.37. The number of fused-ring (bicyclic) bond motifs is 1. The van der Waals surface area contributed by atoms with Gasteiger partial charge in [-0.25, -0.2) is 0 Å². The minimum atomic E-state index is 0.196. The summed E-state index contributed by atoms with van der Waals surface area (Å²) in [6, 6.07) is 6.95. The smallest absolute Gasteiger partial charge is 0.120 e. The molecule has 0 heterocycles. The number of nitrogens with one attached hydrogen (secondary N) is 1. The second-order valence-electron chi connectivity index (χ2n) is 5.04. The van der Waals surface area contributed by atoms with E-state index >= 15 is 0 Å². The molecule has 0 amide bonds. The van der Waals surface area contributed by atoms with Gasteiger partial charge in [-0.05, 0) is 69.8 Å². The third-order valence-electron chi connectivity index (χ3n) is 3.80. The van der Waals surface area contributed by atoms with Crippen LogP contribution in [0.4, 0.5) is 0 Å². The Kier molecular flexibility index (Phi) is 4.06. The van der Waals surface area contributed by atoms with Crippen molar-refractivity contribution in [1.82, 2.24) is 5.32 Å². The zero-order valence-corrected chi connectivity index (χ0v) is 11.1. The molecule has 2 nitrogen and oxygen atoms in total. The highest BCUT2D eigenvalue weighted by atomic mass is 16.5. The minimum Gasteiger partial charge on any atom is -0.489 e. The summed E-state index contributed by atoms with van der Waals surface area (Å²) >= 11 is 0. The van der Waals surface area contributed by atoms with Crippen LogP contribution in [0.25, 0.3) is 0 Å². The average molecular weight is 233 g/mol. The predicted octanol–water partition coefficient (Wildman–Crippen LogP) is 2.94. The van der Waals surface area contributed by atoms with Crippen LogP contribution in [0.5, 0.6) is 5.75 Å². The van der Waals surface area contributed by atoms with Gasteiger partial charge in [0.25, 0.3) is 0 Å². The van der Waals surface area contributed by atoms with Gasteiger partial charge in [0.15, 0.2) is 0 Å². The van der Waals surface area contributed by atoms with Crippen molar-refractivity contribution in [2.24, 2.45) is 0 Å².